The number of carbonyl (C=O) groups is 3. The van der Waals surface area contributed by atoms with E-state index in [1.807, 2.05) is 0 Å². The van der Waals surface area contributed by atoms with Crippen LogP contribution in [-0.4, -0.2) is 24.6 Å². The first-order chi connectivity index (χ1) is 8.43. The number of hydrogen-bond donors (Lipinski definition) is 0. The van der Waals surface area contributed by atoms with E-state index in [1.54, 1.807) is 13.0 Å². The van der Waals surface area contributed by atoms with Crippen LogP contribution in [-0.2, 0) is 19.1 Å². The minimum atomic E-state index is -0.859. The monoisotopic (exact) mass is 250 g/mol. The van der Waals surface area contributed by atoms with Gasteiger partial charge in [0.2, 0.25) is 0 Å². The second kappa shape index (κ2) is 5.76. The van der Waals surface area contributed by atoms with Gasteiger partial charge in [-0.05, 0) is 32.6 Å². The van der Waals surface area contributed by atoms with Crippen LogP contribution >= 0.6 is 0 Å². The maximum Gasteiger partial charge on any atom is 0.316 e. The summed E-state index contributed by atoms with van der Waals surface area (Å²) >= 11 is 0. The fourth-order valence-electron chi connectivity index (χ4n) is 2.41. The number of esters is 1. The molecule has 1 rings (SSSR count). The Morgan fingerprint density at radius 1 is 1.50 bits per heavy atom. The largest absolute Gasteiger partial charge is 0.468 e. The van der Waals surface area contributed by atoms with Gasteiger partial charge in [-0.25, -0.2) is 0 Å². The number of rotatable bonds is 4. The Hall–Kier alpha value is -1.71. The van der Waals surface area contributed by atoms with E-state index in [1.165, 1.54) is 14.0 Å². The number of carbonyl (C=O) groups excluding carboxylic acids is 3. The molecule has 0 radical (unpaired) electrons. The van der Waals surface area contributed by atoms with Gasteiger partial charge in [-0.1, -0.05) is 11.6 Å². The van der Waals surface area contributed by atoms with Crippen LogP contribution in [0.5, 0.6) is 0 Å². The van der Waals surface area contributed by atoms with E-state index < -0.39 is 17.7 Å². The fourth-order valence-corrected chi connectivity index (χ4v) is 2.41. The second-order valence-corrected chi connectivity index (χ2v) is 4.51. The highest BCUT2D eigenvalue weighted by atomic mass is 16.5. The van der Waals surface area contributed by atoms with E-state index in [-0.39, 0.29) is 17.3 Å². The highest BCUT2D eigenvalue weighted by Crippen LogP contribution is 2.34. The van der Waals surface area contributed by atoms with Gasteiger partial charge >= 0.3 is 5.97 Å². The van der Waals surface area contributed by atoms with Crippen molar-refractivity contribution in [1.29, 1.82) is 0 Å². The molecule has 2 unspecified atom stereocenters. The average molecular weight is 250 g/mol. The van der Waals surface area contributed by atoms with E-state index in [0.29, 0.717) is 12.8 Å². The Morgan fingerprint density at radius 3 is 2.56 bits per heavy atom. The van der Waals surface area contributed by atoms with Crippen molar-refractivity contribution >= 4 is 17.5 Å². The summed E-state index contributed by atoms with van der Waals surface area (Å²) in [5.41, 5.74) is 0.913. The summed E-state index contributed by atoms with van der Waals surface area (Å²) in [6.45, 7) is 6.78. The summed E-state index contributed by atoms with van der Waals surface area (Å²) in [6, 6.07) is 0. The zero-order valence-corrected chi connectivity index (χ0v) is 11.0. The van der Waals surface area contributed by atoms with E-state index >= 15 is 0 Å². The van der Waals surface area contributed by atoms with Crippen molar-refractivity contribution < 1.29 is 19.1 Å². The van der Waals surface area contributed by atoms with Crippen LogP contribution in [0.15, 0.2) is 23.8 Å². The minimum absolute atomic E-state index is 0.00296. The van der Waals surface area contributed by atoms with Crippen molar-refractivity contribution in [2.45, 2.75) is 26.7 Å². The van der Waals surface area contributed by atoms with Crippen LogP contribution in [0.3, 0.4) is 0 Å². The lowest BCUT2D eigenvalue weighted by atomic mass is 9.74. The van der Waals surface area contributed by atoms with Gasteiger partial charge in [0.1, 0.15) is 5.92 Å². The summed E-state index contributed by atoms with van der Waals surface area (Å²) < 4.78 is 4.63. The van der Waals surface area contributed by atoms with Crippen LogP contribution in [0.4, 0.5) is 0 Å². The predicted octanol–water partition coefficient (Wildman–Crippen LogP) is 1.85. The number of hydrogen-bond acceptors (Lipinski definition) is 4. The van der Waals surface area contributed by atoms with Crippen molar-refractivity contribution in [2.75, 3.05) is 7.11 Å². The molecule has 1 aliphatic carbocycles. The van der Waals surface area contributed by atoms with Crippen LogP contribution in [0.2, 0.25) is 0 Å². The van der Waals surface area contributed by atoms with Gasteiger partial charge in [0, 0.05) is 0 Å². The number of methoxy groups -OCH3 is 1. The van der Waals surface area contributed by atoms with E-state index in [9.17, 15) is 14.4 Å². The highest BCUT2D eigenvalue weighted by molar-refractivity contribution is 6.25. The molecule has 0 amide bonds. The molecule has 0 saturated heterocycles. The molecule has 1 aliphatic rings. The topological polar surface area (TPSA) is 60.4 Å². The number of ketones is 2. The van der Waals surface area contributed by atoms with Gasteiger partial charge in [0.25, 0.3) is 0 Å². The van der Waals surface area contributed by atoms with E-state index in [4.69, 9.17) is 0 Å². The van der Waals surface area contributed by atoms with Gasteiger partial charge in [-0.15, -0.1) is 6.58 Å². The van der Waals surface area contributed by atoms with Crippen molar-refractivity contribution in [3.8, 4) is 0 Å². The fraction of sp³-hybridized carbons (Fsp3) is 0.500. The summed E-state index contributed by atoms with van der Waals surface area (Å²) in [6.07, 6.45) is 2.76. The molecule has 0 spiro atoms. The predicted molar refractivity (Wildman–Crippen MR) is 66.8 cm³/mol. The lowest BCUT2D eigenvalue weighted by Gasteiger charge is -2.28. The van der Waals surface area contributed by atoms with Gasteiger partial charge in [-0.2, -0.15) is 0 Å². The van der Waals surface area contributed by atoms with Crippen molar-refractivity contribution in [3.05, 3.63) is 23.8 Å². The molecular weight excluding hydrogens is 232 g/mol. The van der Waals surface area contributed by atoms with Gasteiger partial charge in [0.05, 0.1) is 12.7 Å². The third kappa shape index (κ3) is 2.58. The van der Waals surface area contributed by atoms with Crippen LogP contribution in [0.1, 0.15) is 26.7 Å². The van der Waals surface area contributed by atoms with Crippen LogP contribution in [0.25, 0.3) is 0 Å². The quantitative estimate of drug-likeness (QED) is 0.330. The first-order valence-electron chi connectivity index (χ1n) is 5.88. The van der Waals surface area contributed by atoms with Crippen molar-refractivity contribution in [1.82, 2.24) is 0 Å². The molecule has 0 saturated carbocycles. The maximum atomic E-state index is 12.1. The molecule has 0 fully saturated rings. The van der Waals surface area contributed by atoms with Gasteiger partial charge < -0.3 is 4.74 Å². The molecule has 18 heavy (non-hydrogen) atoms. The maximum absolute atomic E-state index is 12.1. The summed E-state index contributed by atoms with van der Waals surface area (Å²) in [4.78, 5) is 35.3. The third-order valence-electron chi connectivity index (χ3n) is 3.38. The summed E-state index contributed by atoms with van der Waals surface area (Å²) in [5, 5.41) is 0. The zero-order chi connectivity index (χ0) is 13.9. The summed E-state index contributed by atoms with van der Waals surface area (Å²) in [7, 11) is 1.25. The number of Topliss-reactive ketones (excluding diaryl/α,β-unsaturated/α-hetero) is 2. The van der Waals surface area contributed by atoms with Gasteiger partial charge in [-0.3, -0.25) is 14.4 Å². The van der Waals surface area contributed by atoms with Crippen molar-refractivity contribution in [3.63, 3.8) is 0 Å². The van der Waals surface area contributed by atoms with E-state index in [2.05, 4.69) is 11.3 Å². The summed E-state index contributed by atoms with van der Waals surface area (Å²) in [5.74, 6) is -2.13. The molecule has 2 atom stereocenters. The number of ether oxygens (including phenoxy) is 1. The Kier molecular flexibility index (Phi) is 4.59. The Morgan fingerprint density at radius 2 is 2.11 bits per heavy atom. The Balaban J connectivity index is 3.21. The lowest BCUT2D eigenvalue weighted by molar-refractivity contribution is -0.149. The second-order valence-electron chi connectivity index (χ2n) is 4.51. The molecule has 0 aromatic heterocycles. The third-order valence-corrected chi connectivity index (χ3v) is 3.38. The Bertz CT molecular complexity index is 431. The molecule has 0 heterocycles. The molecule has 98 valence electrons. The first-order valence-corrected chi connectivity index (χ1v) is 5.88. The van der Waals surface area contributed by atoms with E-state index in [0.717, 1.165) is 5.57 Å². The molecule has 0 aromatic rings. The molecule has 0 N–H and O–H groups in total. The molecule has 0 aromatic carbocycles. The van der Waals surface area contributed by atoms with Crippen LogP contribution < -0.4 is 0 Å². The molecule has 0 bridgehead atoms. The molecule has 4 nitrogen and oxygen atoms in total. The van der Waals surface area contributed by atoms with Crippen LogP contribution in [0, 0.1) is 11.8 Å². The molecule has 0 aliphatic heterocycles. The minimum Gasteiger partial charge on any atom is -0.468 e. The zero-order valence-electron chi connectivity index (χ0n) is 11.0. The number of allylic oxidation sites excluding steroid dienone is 3. The average Bonchev–Trinajstić information content (AvgIpc) is 2.31. The standard InChI is InChI=1S/C14H18O4/c1-5-6-10-7-11(14(17)18-4)13(16)12(8(10)2)9(3)15/h5,10-11H,1,6-7H2,2-4H3. The molecular formula is C14H18O4. The molecule has 4 heteroatoms. The SMILES string of the molecule is C=CCC1CC(C(=O)OC)C(=O)C(C(C)=O)=C1C. The normalized spacial score (nSPS) is 23.8. The Labute approximate surface area is 107 Å². The highest BCUT2D eigenvalue weighted by Gasteiger charge is 2.39. The lowest BCUT2D eigenvalue weighted by Crippen LogP contribution is -2.35. The smallest absolute Gasteiger partial charge is 0.316 e. The van der Waals surface area contributed by atoms with Crippen molar-refractivity contribution in [2.24, 2.45) is 11.8 Å². The first kappa shape index (κ1) is 14.4. The van der Waals surface area contributed by atoms with Gasteiger partial charge in [0.15, 0.2) is 11.6 Å².